The van der Waals surface area contributed by atoms with Crippen LogP contribution in [0.4, 0.5) is 0 Å². The minimum absolute atomic E-state index is 0.284. The number of para-hydroxylation sites is 1. The molecule has 0 radical (unpaired) electrons. The van der Waals surface area contributed by atoms with Crippen LogP contribution in [0.3, 0.4) is 0 Å². The lowest BCUT2D eigenvalue weighted by Gasteiger charge is -2.21. The van der Waals surface area contributed by atoms with Gasteiger partial charge in [-0.05, 0) is 31.0 Å². The maximum absolute atomic E-state index is 6.07. The molecule has 1 fully saturated rings. The first-order valence-corrected chi connectivity index (χ1v) is 10.6. The highest BCUT2D eigenvalue weighted by Gasteiger charge is 2.29. The molecule has 1 aromatic rings. The molecule has 100 valence electrons. The van der Waals surface area contributed by atoms with Gasteiger partial charge in [-0.3, -0.25) is 0 Å². The standard InChI is InChI=1S/C15H24O2Si/c1-18(2,3)12-15-10-9-14(17-15)11-16-13-7-5-4-6-8-13/h4-8,14-15H,9-12H2,1-3H3. The summed E-state index contributed by atoms with van der Waals surface area (Å²) in [5, 5.41) is 0. The van der Waals surface area contributed by atoms with Gasteiger partial charge in [0.1, 0.15) is 12.4 Å². The molecular formula is C15H24O2Si. The van der Waals surface area contributed by atoms with Crippen LogP contribution in [0, 0.1) is 0 Å². The molecular weight excluding hydrogens is 240 g/mol. The molecule has 2 nitrogen and oxygen atoms in total. The molecule has 1 saturated heterocycles. The van der Waals surface area contributed by atoms with Crippen LogP contribution in [0.2, 0.25) is 25.7 Å². The van der Waals surface area contributed by atoms with Gasteiger partial charge in [0.25, 0.3) is 0 Å². The fraction of sp³-hybridized carbons (Fsp3) is 0.600. The highest BCUT2D eigenvalue weighted by atomic mass is 28.3. The summed E-state index contributed by atoms with van der Waals surface area (Å²) in [5.74, 6) is 0.940. The summed E-state index contributed by atoms with van der Waals surface area (Å²) in [4.78, 5) is 0. The molecule has 1 aliphatic rings. The van der Waals surface area contributed by atoms with Crippen molar-refractivity contribution in [3.05, 3.63) is 30.3 Å². The van der Waals surface area contributed by atoms with Crippen LogP contribution in [0.5, 0.6) is 5.75 Å². The van der Waals surface area contributed by atoms with Gasteiger partial charge in [0.15, 0.2) is 0 Å². The third-order valence-electron chi connectivity index (χ3n) is 3.21. The molecule has 18 heavy (non-hydrogen) atoms. The topological polar surface area (TPSA) is 18.5 Å². The minimum atomic E-state index is -1.00. The van der Waals surface area contributed by atoms with Gasteiger partial charge in [0.2, 0.25) is 0 Å². The Bertz CT molecular complexity index is 359. The highest BCUT2D eigenvalue weighted by Crippen LogP contribution is 2.27. The first-order valence-electron chi connectivity index (χ1n) is 6.86. The smallest absolute Gasteiger partial charge is 0.119 e. The van der Waals surface area contributed by atoms with E-state index in [1.165, 1.54) is 12.5 Å². The number of hydrogen-bond donors (Lipinski definition) is 0. The van der Waals surface area contributed by atoms with Crippen molar-refractivity contribution >= 4 is 8.07 Å². The molecule has 0 aliphatic carbocycles. The number of ether oxygens (including phenoxy) is 2. The summed E-state index contributed by atoms with van der Waals surface area (Å²) in [6.07, 6.45) is 3.10. The van der Waals surface area contributed by atoms with E-state index >= 15 is 0 Å². The second-order valence-corrected chi connectivity index (χ2v) is 11.9. The predicted octanol–water partition coefficient (Wildman–Crippen LogP) is 3.95. The lowest BCUT2D eigenvalue weighted by atomic mass is 10.2. The molecule has 1 aliphatic heterocycles. The normalized spacial score (nSPS) is 24.2. The maximum atomic E-state index is 6.07. The molecule has 0 aromatic heterocycles. The first-order chi connectivity index (χ1) is 8.53. The van der Waals surface area contributed by atoms with Crippen LogP contribution < -0.4 is 4.74 Å². The third-order valence-corrected chi connectivity index (χ3v) is 4.89. The summed E-state index contributed by atoms with van der Waals surface area (Å²) < 4.78 is 11.8. The van der Waals surface area contributed by atoms with E-state index in [9.17, 15) is 0 Å². The van der Waals surface area contributed by atoms with Crippen molar-refractivity contribution in [2.45, 2.75) is 50.7 Å². The fourth-order valence-corrected chi connectivity index (χ4v) is 4.11. The van der Waals surface area contributed by atoms with Gasteiger partial charge in [-0.15, -0.1) is 0 Å². The Kier molecular flexibility index (Phi) is 4.46. The fourth-order valence-electron chi connectivity index (χ4n) is 2.44. The molecule has 0 spiro atoms. The molecule has 0 bridgehead atoms. The Labute approximate surface area is 111 Å². The Morgan fingerprint density at radius 2 is 1.78 bits per heavy atom. The summed E-state index contributed by atoms with van der Waals surface area (Å²) in [6, 6.07) is 11.3. The largest absolute Gasteiger partial charge is 0.491 e. The Balaban J connectivity index is 1.73. The summed E-state index contributed by atoms with van der Waals surface area (Å²) in [7, 11) is -1.00. The van der Waals surface area contributed by atoms with Crippen LogP contribution in [-0.4, -0.2) is 26.9 Å². The summed E-state index contributed by atoms with van der Waals surface area (Å²) in [5.41, 5.74) is 0. The quantitative estimate of drug-likeness (QED) is 0.750. The second-order valence-electron chi connectivity index (χ2n) is 6.35. The molecule has 0 saturated carbocycles. The van der Waals surface area contributed by atoms with Gasteiger partial charge in [-0.1, -0.05) is 37.8 Å². The molecule has 1 heterocycles. The zero-order valence-corrected chi connectivity index (χ0v) is 12.7. The van der Waals surface area contributed by atoms with Gasteiger partial charge < -0.3 is 9.47 Å². The van der Waals surface area contributed by atoms with Crippen molar-refractivity contribution in [1.29, 1.82) is 0 Å². The van der Waals surface area contributed by atoms with E-state index in [-0.39, 0.29) is 6.10 Å². The molecule has 2 rings (SSSR count). The molecule has 3 heteroatoms. The average molecular weight is 264 g/mol. The molecule has 2 atom stereocenters. The maximum Gasteiger partial charge on any atom is 0.119 e. The van der Waals surface area contributed by atoms with E-state index in [1.54, 1.807) is 0 Å². The SMILES string of the molecule is C[Si](C)(C)CC1CCC(COc2ccccc2)O1. The van der Waals surface area contributed by atoms with E-state index in [0.717, 1.165) is 12.2 Å². The monoisotopic (exact) mass is 264 g/mol. The first kappa shape index (κ1) is 13.6. The van der Waals surface area contributed by atoms with Gasteiger partial charge in [0.05, 0.1) is 12.2 Å². The van der Waals surface area contributed by atoms with Gasteiger partial charge in [-0.2, -0.15) is 0 Å². The van der Waals surface area contributed by atoms with E-state index in [4.69, 9.17) is 9.47 Å². The number of benzene rings is 1. The van der Waals surface area contributed by atoms with E-state index in [0.29, 0.717) is 12.7 Å². The lowest BCUT2D eigenvalue weighted by Crippen LogP contribution is -2.27. The average Bonchev–Trinajstić information content (AvgIpc) is 2.73. The second kappa shape index (κ2) is 5.89. The van der Waals surface area contributed by atoms with E-state index < -0.39 is 8.07 Å². The van der Waals surface area contributed by atoms with Crippen molar-refractivity contribution in [2.24, 2.45) is 0 Å². The summed E-state index contributed by atoms with van der Waals surface area (Å²) in [6.45, 7) is 7.91. The molecule has 2 unspecified atom stereocenters. The van der Waals surface area contributed by atoms with Crippen LogP contribution >= 0.6 is 0 Å². The van der Waals surface area contributed by atoms with Crippen LogP contribution in [0.15, 0.2) is 30.3 Å². The molecule has 0 amide bonds. The van der Waals surface area contributed by atoms with Crippen LogP contribution in [-0.2, 0) is 4.74 Å². The van der Waals surface area contributed by atoms with Crippen molar-refractivity contribution < 1.29 is 9.47 Å². The lowest BCUT2D eigenvalue weighted by molar-refractivity contribution is 0.0259. The van der Waals surface area contributed by atoms with Gasteiger partial charge in [0, 0.05) is 8.07 Å². The number of rotatable bonds is 5. The van der Waals surface area contributed by atoms with Crippen molar-refractivity contribution in [1.82, 2.24) is 0 Å². The van der Waals surface area contributed by atoms with E-state index in [2.05, 4.69) is 19.6 Å². The van der Waals surface area contributed by atoms with Crippen molar-refractivity contribution in [3.8, 4) is 5.75 Å². The third kappa shape index (κ3) is 4.46. The Morgan fingerprint density at radius 1 is 1.11 bits per heavy atom. The van der Waals surface area contributed by atoms with Crippen molar-refractivity contribution in [3.63, 3.8) is 0 Å². The molecule has 1 aromatic carbocycles. The number of hydrogen-bond acceptors (Lipinski definition) is 2. The van der Waals surface area contributed by atoms with Gasteiger partial charge >= 0.3 is 0 Å². The van der Waals surface area contributed by atoms with Crippen LogP contribution in [0.25, 0.3) is 0 Å². The van der Waals surface area contributed by atoms with E-state index in [1.807, 2.05) is 30.3 Å². The van der Waals surface area contributed by atoms with Gasteiger partial charge in [-0.25, -0.2) is 0 Å². The Morgan fingerprint density at radius 3 is 2.44 bits per heavy atom. The van der Waals surface area contributed by atoms with Crippen LogP contribution in [0.1, 0.15) is 12.8 Å². The molecule has 0 N–H and O–H groups in total. The summed E-state index contributed by atoms with van der Waals surface area (Å²) >= 11 is 0. The highest BCUT2D eigenvalue weighted by molar-refractivity contribution is 6.76. The Hall–Kier alpha value is -0.803. The predicted molar refractivity (Wildman–Crippen MR) is 78.0 cm³/mol. The van der Waals surface area contributed by atoms with Crippen molar-refractivity contribution in [2.75, 3.05) is 6.61 Å². The zero-order chi connectivity index (χ0) is 13.0. The minimum Gasteiger partial charge on any atom is -0.491 e. The zero-order valence-electron chi connectivity index (χ0n) is 11.7.